The Balaban J connectivity index is 2.18. The summed E-state index contributed by atoms with van der Waals surface area (Å²) in [5.41, 5.74) is 0.698. The molecule has 0 saturated heterocycles. The lowest BCUT2D eigenvalue weighted by atomic mass is 9.69. The van der Waals surface area contributed by atoms with E-state index in [4.69, 9.17) is 11.6 Å². The highest BCUT2D eigenvalue weighted by Crippen LogP contribution is 2.48. The van der Waals surface area contributed by atoms with Gasteiger partial charge in [0.25, 0.3) is 0 Å². The zero-order chi connectivity index (χ0) is 13.4. The van der Waals surface area contributed by atoms with Crippen molar-refractivity contribution in [1.82, 2.24) is 0 Å². The molecule has 1 aliphatic carbocycles. The summed E-state index contributed by atoms with van der Waals surface area (Å²) in [6.07, 6.45) is 4.87. The Morgan fingerprint density at radius 3 is 2.22 bits per heavy atom. The number of halogens is 1. The van der Waals surface area contributed by atoms with Gasteiger partial charge in [0.15, 0.2) is 0 Å². The van der Waals surface area contributed by atoms with Gasteiger partial charge >= 0.3 is 0 Å². The van der Waals surface area contributed by atoms with Crippen molar-refractivity contribution in [3.05, 3.63) is 40.3 Å². The number of benzene rings is 1. The maximum Gasteiger partial charge on any atom is 0.0406 e. The standard InChI is InChI=1S/C16H21ClS/c1-15(2)9-14(10-16(3,4)11-15)18-13-7-5-12(17)6-8-13/h5-9H,10-11H2,1-4H3. The van der Waals surface area contributed by atoms with E-state index in [1.165, 1.54) is 22.6 Å². The van der Waals surface area contributed by atoms with E-state index >= 15 is 0 Å². The molecule has 2 rings (SSSR count). The molecule has 2 heteroatoms. The molecule has 0 aliphatic heterocycles. The Morgan fingerprint density at radius 2 is 1.67 bits per heavy atom. The van der Waals surface area contributed by atoms with Gasteiger partial charge in [-0.2, -0.15) is 0 Å². The van der Waals surface area contributed by atoms with Gasteiger partial charge in [-0.1, -0.05) is 57.1 Å². The number of hydrogen-bond donors (Lipinski definition) is 0. The van der Waals surface area contributed by atoms with Crippen molar-refractivity contribution < 1.29 is 0 Å². The van der Waals surface area contributed by atoms with Crippen LogP contribution in [0.4, 0.5) is 0 Å². The maximum absolute atomic E-state index is 5.92. The molecule has 0 saturated carbocycles. The molecular formula is C16H21ClS. The van der Waals surface area contributed by atoms with Crippen molar-refractivity contribution in [2.75, 3.05) is 0 Å². The molecule has 0 fully saturated rings. The average Bonchev–Trinajstić information content (AvgIpc) is 2.16. The normalized spacial score (nSPS) is 21.5. The van der Waals surface area contributed by atoms with E-state index in [2.05, 4.69) is 45.9 Å². The topological polar surface area (TPSA) is 0 Å². The summed E-state index contributed by atoms with van der Waals surface area (Å²) in [4.78, 5) is 2.76. The first-order valence-electron chi connectivity index (χ1n) is 6.41. The van der Waals surface area contributed by atoms with Crippen LogP contribution in [-0.4, -0.2) is 0 Å². The van der Waals surface area contributed by atoms with E-state index in [1.807, 2.05) is 23.9 Å². The van der Waals surface area contributed by atoms with E-state index < -0.39 is 0 Å². The van der Waals surface area contributed by atoms with Gasteiger partial charge in [0.1, 0.15) is 0 Å². The van der Waals surface area contributed by atoms with Gasteiger partial charge in [0, 0.05) is 9.92 Å². The Labute approximate surface area is 120 Å². The minimum atomic E-state index is 0.302. The Kier molecular flexibility index (Phi) is 3.85. The van der Waals surface area contributed by atoms with Crippen molar-refractivity contribution in [2.24, 2.45) is 10.8 Å². The van der Waals surface area contributed by atoms with Gasteiger partial charge in [-0.3, -0.25) is 0 Å². The zero-order valence-electron chi connectivity index (χ0n) is 11.6. The highest BCUT2D eigenvalue weighted by Gasteiger charge is 2.33. The fraction of sp³-hybridized carbons (Fsp3) is 0.500. The van der Waals surface area contributed by atoms with E-state index in [0.29, 0.717) is 10.8 Å². The number of thioether (sulfide) groups is 1. The minimum absolute atomic E-state index is 0.302. The second-order valence-electron chi connectivity index (χ2n) is 6.67. The highest BCUT2D eigenvalue weighted by atomic mass is 35.5. The van der Waals surface area contributed by atoms with Crippen LogP contribution in [0.2, 0.25) is 5.02 Å². The van der Waals surface area contributed by atoms with E-state index in [0.717, 1.165) is 5.02 Å². The van der Waals surface area contributed by atoms with Crippen LogP contribution < -0.4 is 0 Å². The molecular weight excluding hydrogens is 260 g/mol. The van der Waals surface area contributed by atoms with E-state index in [9.17, 15) is 0 Å². The third-order valence-electron chi connectivity index (χ3n) is 3.20. The second-order valence-corrected chi connectivity index (χ2v) is 8.31. The van der Waals surface area contributed by atoms with Gasteiger partial charge in [-0.25, -0.2) is 0 Å². The molecule has 0 spiro atoms. The summed E-state index contributed by atoms with van der Waals surface area (Å²) in [5.74, 6) is 0. The SMILES string of the molecule is CC1(C)C=C(Sc2ccc(Cl)cc2)CC(C)(C)C1. The lowest BCUT2D eigenvalue weighted by Crippen LogP contribution is -2.26. The first-order valence-corrected chi connectivity index (χ1v) is 7.60. The molecule has 0 unspecified atom stereocenters. The second kappa shape index (κ2) is 4.94. The lowest BCUT2D eigenvalue weighted by Gasteiger charge is -2.39. The molecule has 1 aromatic carbocycles. The van der Waals surface area contributed by atoms with Crippen LogP contribution >= 0.6 is 23.4 Å². The quantitative estimate of drug-likeness (QED) is 0.625. The predicted octanol–water partition coefficient (Wildman–Crippen LogP) is 6.16. The lowest BCUT2D eigenvalue weighted by molar-refractivity contribution is 0.220. The van der Waals surface area contributed by atoms with E-state index in [-0.39, 0.29) is 0 Å². The fourth-order valence-corrected chi connectivity index (χ4v) is 4.57. The smallest absolute Gasteiger partial charge is 0.0406 e. The number of hydrogen-bond acceptors (Lipinski definition) is 1. The van der Waals surface area contributed by atoms with Crippen molar-refractivity contribution in [2.45, 2.75) is 45.4 Å². The third kappa shape index (κ3) is 3.80. The van der Waals surface area contributed by atoms with Crippen molar-refractivity contribution in [1.29, 1.82) is 0 Å². The van der Waals surface area contributed by atoms with Crippen molar-refractivity contribution in [3.8, 4) is 0 Å². The minimum Gasteiger partial charge on any atom is -0.0948 e. The van der Waals surface area contributed by atoms with Crippen LogP contribution in [0.3, 0.4) is 0 Å². The molecule has 1 aliphatic rings. The first kappa shape index (κ1) is 14.0. The summed E-state index contributed by atoms with van der Waals surface area (Å²) in [5, 5.41) is 0.803. The highest BCUT2D eigenvalue weighted by molar-refractivity contribution is 8.03. The summed E-state index contributed by atoms with van der Waals surface area (Å²) in [7, 11) is 0. The zero-order valence-corrected chi connectivity index (χ0v) is 13.2. The van der Waals surface area contributed by atoms with Crippen LogP contribution in [0, 0.1) is 10.8 Å². The Hall–Kier alpha value is -0.400. The van der Waals surface area contributed by atoms with Gasteiger partial charge in [-0.05, 0) is 52.8 Å². The Bertz CT molecular complexity index is 454. The molecule has 0 bridgehead atoms. The molecule has 98 valence electrons. The molecule has 18 heavy (non-hydrogen) atoms. The molecule has 0 atom stereocenters. The molecule has 0 aromatic heterocycles. The molecule has 1 aromatic rings. The fourth-order valence-electron chi connectivity index (χ4n) is 3.02. The van der Waals surface area contributed by atoms with Crippen LogP contribution in [0.1, 0.15) is 40.5 Å². The van der Waals surface area contributed by atoms with Gasteiger partial charge in [0.2, 0.25) is 0 Å². The van der Waals surface area contributed by atoms with Gasteiger partial charge in [0.05, 0.1) is 0 Å². The van der Waals surface area contributed by atoms with E-state index in [1.54, 1.807) is 0 Å². The Morgan fingerprint density at radius 1 is 1.06 bits per heavy atom. The first-order chi connectivity index (χ1) is 8.26. The van der Waals surface area contributed by atoms with Crippen molar-refractivity contribution >= 4 is 23.4 Å². The average molecular weight is 281 g/mol. The van der Waals surface area contributed by atoms with Crippen LogP contribution in [0.5, 0.6) is 0 Å². The maximum atomic E-state index is 5.92. The van der Waals surface area contributed by atoms with Crippen LogP contribution in [0.15, 0.2) is 40.1 Å². The molecule has 0 heterocycles. The number of allylic oxidation sites excluding steroid dienone is 2. The molecule has 0 amide bonds. The van der Waals surface area contributed by atoms with Gasteiger partial charge in [-0.15, -0.1) is 0 Å². The molecule has 0 radical (unpaired) electrons. The number of rotatable bonds is 2. The monoisotopic (exact) mass is 280 g/mol. The van der Waals surface area contributed by atoms with Crippen molar-refractivity contribution in [3.63, 3.8) is 0 Å². The summed E-state index contributed by atoms with van der Waals surface area (Å²) in [6.45, 7) is 9.39. The largest absolute Gasteiger partial charge is 0.0948 e. The summed E-state index contributed by atoms with van der Waals surface area (Å²) in [6, 6.07) is 8.12. The van der Waals surface area contributed by atoms with Crippen LogP contribution in [0.25, 0.3) is 0 Å². The summed E-state index contributed by atoms with van der Waals surface area (Å²) >= 11 is 7.80. The third-order valence-corrected chi connectivity index (χ3v) is 4.49. The van der Waals surface area contributed by atoms with Gasteiger partial charge < -0.3 is 0 Å². The van der Waals surface area contributed by atoms with Crippen LogP contribution in [-0.2, 0) is 0 Å². The molecule has 0 nitrogen and oxygen atoms in total. The molecule has 0 N–H and O–H groups in total. The summed E-state index contributed by atoms with van der Waals surface area (Å²) < 4.78 is 0. The predicted molar refractivity (Wildman–Crippen MR) is 82.2 cm³/mol.